The zero-order valence-corrected chi connectivity index (χ0v) is 14.1. The molecule has 0 atom stereocenters. The van der Waals surface area contributed by atoms with E-state index in [1.807, 2.05) is 25.2 Å². The number of ether oxygens (including phenoxy) is 2. The minimum atomic E-state index is 0.177. The smallest absolute Gasteiger partial charge is 0.222 e. The molecule has 0 aliphatic carbocycles. The third kappa shape index (κ3) is 4.26. The predicted molar refractivity (Wildman–Crippen MR) is 91.2 cm³/mol. The third-order valence-electron chi connectivity index (χ3n) is 3.85. The maximum absolute atomic E-state index is 12.2. The molecule has 2 aromatic rings. The Kier molecular flexibility index (Phi) is 5.18. The lowest BCUT2D eigenvalue weighted by atomic mass is 10.1. The maximum Gasteiger partial charge on any atom is 0.222 e. The van der Waals surface area contributed by atoms with Crippen molar-refractivity contribution < 1.29 is 14.3 Å². The number of hydrogen-bond acceptors (Lipinski definition) is 4. The summed E-state index contributed by atoms with van der Waals surface area (Å²) >= 11 is 1.75. The fraction of sp³-hybridized carbons (Fsp3) is 0.389. The minimum Gasteiger partial charge on any atom is -0.486 e. The summed E-state index contributed by atoms with van der Waals surface area (Å²) in [6.07, 6.45) is 2.45. The van der Waals surface area contributed by atoms with E-state index >= 15 is 0 Å². The summed E-state index contributed by atoms with van der Waals surface area (Å²) in [5, 5.41) is 2.07. The molecule has 2 heterocycles. The molecule has 0 saturated carbocycles. The number of amides is 1. The monoisotopic (exact) mass is 331 g/mol. The van der Waals surface area contributed by atoms with Gasteiger partial charge in [0.25, 0.3) is 0 Å². The van der Waals surface area contributed by atoms with Crippen molar-refractivity contribution in [3.05, 3.63) is 46.2 Å². The number of benzene rings is 1. The molecule has 1 aliphatic heterocycles. The molecule has 4 nitrogen and oxygen atoms in total. The highest BCUT2D eigenvalue weighted by molar-refractivity contribution is 7.09. The molecule has 0 spiro atoms. The number of carbonyl (C=O) groups excluding carboxylic acids is 1. The first-order chi connectivity index (χ1) is 11.2. The van der Waals surface area contributed by atoms with Crippen LogP contribution in [-0.2, 0) is 17.8 Å². The summed E-state index contributed by atoms with van der Waals surface area (Å²) in [7, 11) is 1.85. The fourth-order valence-corrected chi connectivity index (χ4v) is 3.36. The Bertz CT molecular complexity index is 654. The number of hydrogen-bond donors (Lipinski definition) is 0. The zero-order valence-electron chi connectivity index (χ0n) is 13.3. The molecular formula is C18H21NO3S. The first-order valence-electron chi connectivity index (χ1n) is 7.87. The standard InChI is InChI=1S/C18H21NO3S/c1-19(18(20)6-2-4-15-5-3-11-23-15)13-14-7-8-16-17(12-14)22-10-9-21-16/h3,5,7-8,11-12H,2,4,6,9-10,13H2,1H3. The van der Waals surface area contributed by atoms with E-state index in [0.717, 1.165) is 29.9 Å². The van der Waals surface area contributed by atoms with E-state index in [4.69, 9.17) is 9.47 Å². The highest BCUT2D eigenvalue weighted by Gasteiger charge is 2.14. The molecule has 0 unspecified atom stereocenters. The Morgan fingerprint density at radius 3 is 2.83 bits per heavy atom. The van der Waals surface area contributed by atoms with E-state index in [2.05, 4.69) is 17.5 Å². The molecule has 0 fully saturated rings. The van der Waals surface area contributed by atoms with Crippen molar-refractivity contribution in [1.82, 2.24) is 4.90 Å². The van der Waals surface area contributed by atoms with E-state index in [9.17, 15) is 4.79 Å². The van der Waals surface area contributed by atoms with E-state index < -0.39 is 0 Å². The topological polar surface area (TPSA) is 38.8 Å². The first kappa shape index (κ1) is 15.9. The van der Waals surface area contributed by atoms with Crippen molar-refractivity contribution >= 4 is 17.2 Å². The summed E-state index contributed by atoms with van der Waals surface area (Å²) in [5.74, 6) is 1.73. The summed E-state index contributed by atoms with van der Waals surface area (Å²) in [5.41, 5.74) is 1.06. The van der Waals surface area contributed by atoms with Crippen LogP contribution in [0.5, 0.6) is 11.5 Å². The molecule has 0 N–H and O–H groups in total. The Morgan fingerprint density at radius 1 is 1.22 bits per heavy atom. The molecule has 3 rings (SSSR count). The van der Waals surface area contributed by atoms with Crippen LogP contribution in [0.25, 0.3) is 0 Å². The first-order valence-corrected chi connectivity index (χ1v) is 8.75. The highest BCUT2D eigenvalue weighted by atomic mass is 32.1. The van der Waals surface area contributed by atoms with Gasteiger partial charge in [-0.05, 0) is 42.0 Å². The normalized spacial score (nSPS) is 12.9. The summed E-state index contributed by atoms with van der Waals surface area (Å²) < 4.78 is 11.1. The predicted octanol–water partition coefficient (Wildman–Crippen LogP) is 3.50. The van der Waals surface area contributed by atoms with Crippen molar-refractivity contribution in [3.63, 3.8) is 0 Å². The van der Waals surface area contributed by atoms with E-state index in [0.29, 0.717) is 26.2 Å². The van der Waals surface area contributed by atoms with Gasteiger partial charge in [0, 0.05) is 24.9 Å². The van der Waals surface area contributed by atoms with Crippen LogP contribution in [0.2, 0.25) is 0 Å². The minimum absolute atomic E-state index is 0.177. The van der Waals surface area contributed by atoms with Crippen LogP contribution in [0.1, 0.15) is 23.3 Å². The summed E-state index contributed by atoms with van der Waals surface area (Å²) in [4.78, 5) is 15.4. The van der Waals surface area contributed by atoms with Crippen LogP contribution in [0.4, 0.5) is 0 Å². The van der Waals surface area contributed by atoms with Gasteiger partial charge in [0.2, 0.25) is 5.91 Å². The van der Waals surface area contributed by atoms with Gasteiger partial charge in [-0.1, -0.05) is 12.1 Å². The summed E-state index contributed by atoms with van der Waals surface area (Å²) in [6, 6.07) is 10.0. The second kappa shape index (κ2) is 7.51. The Labute approximate surface area is 140 Å². The Balaban J connectivity index is 1.49. The summed E-state index contributed by atoms with van der Waals surface area (Å²) in [6.45, 7) is 1.76. The van der Waals surface area contributed by atoms with Crippen molar-refractivity contribution in [2.24, 2.45) is 0 Å². The van der Waals surface area contributed by atoms with Crippen LogP contribution in [0, 0.1) is 0 Å². The van der Waals surface area contributed by atoms with E-state index in [-0.39, 0.29) is 5.91 Å². The number of fused-ring (bicyclic) bond motifs is 1. The van der Waals surface area contributed by atoms with Crippen LogP contribution in [-0.4, -0.2) is 31.1 Å². The van der Waals surface area contributed by atoms with Gasteiger partial charge in [-0.25, -0.2) is 0 Å². The average Bonchev–Trinajstić information content (AvgIpc) is 3.08. The lowest BCUT2D eigenvalue weighted by Gasteiger charge is -2.21. The SMILES string of the molecule is CN(Cc1ccc2c(c1)OCCO2)C(=O)CCCc1cccs1. The van der Waals surface area contributed by atoms with Crippen LogP contribution < -0.4 is 9.47 Å². The van der Waals surface area contributed by atoms with Crippen molar-refractivity contribution in [2.75, 3.05) is 20.3 Å². The third-order valence-corrected chi connectivity index (χ3v) is 4.78. The van der Waals surface area contributed by atoms with Gasteiger partial charge in [0.15, 0.2) is 11.5 Å². The molecule has 5 heteroatoms. The van der Waals surface area contributed by atoms with Gasteiger partial charge in [0.05, 0.1) is 0 Å². The molecule has 0 saturated heterocycles. The quantitative estimate of drug-likeness (QED) is 0.813. The largest absolute Gasteiger partial charge is 0.486 e. The number of rotatable bonds is 6. The van der Waals surface area contributed by atoms with Gasteiger partial charge in [-0.2, -0.15) is 0 Å². The van der Waals surface area contributed by atoms with E-state index in [1.165, 1.54) is 4.88 Å². The maximum atomic E-state index is 12.2. The molecule has 1 amide bonds. The van der Waals surface area contributed by atoms with Gasteiger partial charge in [-0.3, -0.25) is 4.79 Å². The van der Waals surface area contributed by atoms with Gasteiger partial charge < -0.3 is 14.4 Å². The lowest BCUT2D eigenvalue weighted by molar-refractivity contribution is -0.130. The van der Waals surface area contributed by atoms with Gasteiger partial charge in [0.1, 0.15) is 13.2 Å². The fourth-order valence-electron chi connectivity index (χ4n) is 2.61. The molecular weight excluding hydrogens is 310 g/mol. The molecule has 1 aromatic carbocycles. The van der Waals surface area contributed by atoms with Crippen molar-refractivity contribution in [1.29, 1.82) is 0 Å². The van der Waals surface area contributed by atoms with Crippen molar-refractivity contribution in [3.8, 4) is 11.5 Å². The average molecular weight is 331 g/mol. The Morgan fingerprint density at radius 2 is 2.04 bits per heavy atom. The number of nitrogens with zero attached hydrogens (tertiary/aromatic N) is 1. The van der Waals surface area contributed by atoms with E-state index in [1.54, 1.807) is 16.2 Å². The van der Waals surface area contributed by atoms with Gasteiger partial charge in [-0.15, -0.1) is 11.3 Å². The number of aryl methyl sites for hydroxylation is 1. The highest BCUT2D eigenvalue weighted by Crippen LogP contribution is 2.31. The lowest BCUT2D eigenvalue weighted by Crippen LogP contribution is -2.26. The molecule has 23 heavy (non-hydrogen) atoms. The second-order valence-electron chi connectivity index (χ2n) is 5.66. The van der Waals surface area contributed by atoms with Crippen LogP contribution in [0.3, 0.4) is 0 Å². The van der Waals surface area contributed by atoms with Crippen molar-refractivity contribution in [2.45, 2.75) is 25.8 Å². The Hall–Kier alpha value is -2.01. The molecule has 122 valence electrons. The van der Waals surface area contributed by atoms with Gasteiger partial charge >= 0.3 is 0 Å². The second-order valence-corrected chi connectivity index (χ2v) is 6.69. The van der Waals surface area contributed by atoms with Crippen LogP contribution in [0.15, 0.2) is 35.7 Å². The molecule has 1 aliphatic rings. The molecule has 0 bridgehead atoms. The number of thiophene rings is 1. The molecule has 0 radical (unpaired) electrons. The number of carbonyl (C=O) groups is 1. The molecule has 1 aromatic heterocycles. The van der Waals surface area contributed by atoms with Crippen LogP contribution >= 0.6 is 11.3 Å². The zero-order chi connectivity index (χ0) is 16.1.